The summed E-state index contributed by atoms with van der Waals surface area (Å²) in [6, 6.07) is 34.6. The summed E-state index contributed by atoms with van der Waals surface area (Å²) in [5, 5.41) is 18.7. The summed E-state index contributed by atoms with van der Waals surface area (Å²) in [5.74, 6) is 0.0253. The first kappa shape index (κ1) is 20.4. The van der Waals surface area contributed by atoms with Crippen molar-refractivity contribution < 1.29 is 5.11 Å². The van der Waals surface area contributed by atoms with Gasteiger partial charge < -0.3 is 9.67 Å². The highest BCUT2D eigenvalue weighted by Gasteiger charge is 2.38. The Kier molecular flexibility index (Phi) is 5.52. The van der Waals surface area contributed by atoms with Gasteiger partial charge in [-0.1, -0.05) is 91.0 Å². The van der Waals surface area contributed by atoms with Crippen LogP contribution in [0.1, 0.15) is 28.1 Å². The third kappa shape index (κ3) is 3.81. The van der Waals surface area contributed by atoms with Gasteiger partial charge in [-0.2, -0.15) is 10.2 Å². The van der Waals surface area contributed by atoms with Gasteiger partial charge in [0, 0.05) is 18.5 Å². The lowest BCUT2D eigenvalue weighted by molar-refractivity contribution is 0.506. The number of rotatable bonds is 6. The molecular formula is C28H22N4O. The van der Waals surface area contributed by atoms with Crippen molar-refractivity contribution in [3.05, 3.63) is 150 Å². The van der Waals surface area contributed by atoms with E-state index in [4.69, 9.17) is 0 Å². The summed E-state index contributed by atoms with van der Waals surface area (Å²) in [7, 11) is 0. The van der Waals surface area contributed by atoms with Crippen LogP contribution in [0, 0.1) is 0 Å². The average Bonchev–Trinajstić information content (AvgIpc) is 3.38. The molecule has 5 aromatic rings. The zero-order chi connectivity index (χ0) is 22.5. The summed E-state index contributed by atoms with van der Waals surface area (Å²) >= 11 is 0. The van der Waals surface area contributed by atoms with Crippen molar-refractivity contribution in [1.29, 1.82) is 0 Å². The van der Waals surface area contributed by atoms with Crippen LogP contribution >= 0.6 is 0 Å². The minimum Gasteiger partial charge on any atom is -0.506 e. The molecule has 2 heterocycles. The molecule has 0 unspecified atom stereocenters. The number of aliphatic hydroxyl groups is 1. The number of aliphatic hydroxyl groups excluding tert-OH is 1. The maximum atomic E-state index is 10.8. The highest BCUT2D eigenvalue weighted by atomic mass is 16.3. The molecule has 0 spiro atoms. The van der Waals surface area contributed by atoms with Crippen LogP contribution in [0.5, 0.6) is 0 Å². The maximum absolute atomic E-state index is 10.8. The van der Waals surface area contributed by atoms with E-state index in [2.05, 4.69) is 56.1 Å². The molecule has 5 nitrogen and oxygen atoms in total. The summed E-state index contributed by atoms with van der Waals surface area (Å²) in [5.41, 5.74) is 3.59. The molecule has 0 saturated heterocycles. The molecule has 0 aliphatic heterocycles. The van der Waals surface area contributed by atoms with E-state index in [0.717, 1.165) is 16.7 Å². The number of hydrogen-bond donors (Lipinski definition) is 1. The fourth-order valence-electron chi connectivity index (χ4n) is 4.23. The molecule has 0 radical (unpaired) electrons. The summed E-state index contributed by atoms with van der Waals surface area (Å²) < 4.78 is 2.06. The van der Waals surface area contributed by atoms with E-state index in [0.29, 0.717) is 11.4 Å². The molecular weight excluding hydrogens is 408 g/mol. The predicted molar refractivity (Wildman–Crippen MR) is 129 cm³/mol. The molecule has 160 valence electrons. The van der Waals surface area contributed by atoms with Gasteiger partial charge in [-0.05, 0) is 28.8 Å². The minimum absolute atomic E-state index is 0.0253. The van der Waals surface area contributed by atoms with Gasteiger partial charge in [-0.25, -0.2) is 4.98 Å². The van der Waals surface area contributed by atoms with Crippen molar-refractivity contribution in [2.24, 2.45) is 0 Å². The third-order valence-corrected chi connectivity index (χ3v) is 5.68. The molecule has 0 fully saturated rings. The summed E-state index contributed by atoms with van der Waals surface area (Å²) in [4.78, 5) is 4.55. The second-order valence-electron chi connectivity index (χ2n) is 7.65. The fraction of sp³-hybridized carbons (Fsp3) is 0.0357. The van der Waals surface area contributed by atoms with E-state index >= 15 is 0 Å². The van der Waals surface area contributed by atoms with Crippen LogP contribution in [0.4, 0.5) is 0 Å². The lowest BCUT2D eigenvalue weighted by Crippen LogP contribution is -2.36. The normalized spacial score (nSPS) is 11.9. The predicted octanol–water partition coefficient (Wildman–Crippen LogP) is 5.57. The van der Waals surface area contributed by atoms with E-state index in [1.165, 1.54) is 0 Å². The summed E-state index contributed by atoms with van der Waals surface area (Å²) in [6.07, 6.45) is 6.80. The van der Waals surface area contributed by atoms with Gasteiger partial charge in [-0.15, -0.1) is 0 Å². The van der Waals surface area contributed by atoms with E-state index in [1.54, 1.807) is 30.7 Å². The molecule has 5 rings (SSSR count). The molecule has 0 aliphatic rings. The van der Waals surface area contributed by atoms with Gasteiger partial charge in [0.2, 0.25) is 0 Å². The Bertz CT molecular complexity index is 1250. The SMILES string of the molecule is O/C(=C/c1cccnn1)c1cn(C(c2ccccc2)(c2ccccc2)c2ccccc2)cn1. The second kappa shape index (κ2) is 8.93. The van der Waals surface area contributed by atoms with E-state index in [1.807, 2.05) is 60.8 Å². The van der Waals surface area contributed by atoms with Crippen molar-refractivity contribution in [2.45, 2.75) is 5.54 Å². The topological polar surface area (TPSA) is 63.8 Å². The Morgan fingerprint density at radius 2 is 1.27 bits per heavy atom. The zero-order valence-electron chi connectivity index (χ0n) is 17.9. The summed E-state index contributed by atoms with van der Waals surface area (Å²) in [6.45, 7) is 0. The maximum Gasteiger partial charge on any atom is 0.144 e. The van der Waals surface area contributed by atoms with Gasteiger partial charge in [0.25, 0.3) is 0 Å². The van der Waals surface area contributed by atoms with Gasteiger partial charge in [0.1, 0.15) is 17.0 Å². The molecule has 0 bridgehead atoms. The van der Waals surface area contributed by atoms with Crippen molar-refractivity contribution in [3.63, 3.8) is 0 Å². The Morgan fingerprint density at radius 1 is 0.727 bits per heavy atom. The van der Waals surface area contributed by atoms with Crippen molar-refractivity contribution >= 4 is 11.8 Å². The van der Waals surface area contributed by atoms with Crippen molar-refractivity contribution in [2.75, 3.05) is 0 Å². The first-order valence-electron chi connectivity index (χ1n) is 10.7. The highest BCUT2D eigenvalue weighted by molar-refractivity contribution is 5.73. The molecule has 2 aromatic heterocycles. The third-order valence-electron chi connectivity index (χ3n) is 5.68. The average molecular weight is 431 g/mol. The molecule has 0 aliphatic carbocycles. The van der Waals surface area contributed by atoms with Crippen LogP contribution in [0.25, 0.3) is 11.8 Å². The quantitative estimate of drug-likeness (QED) is 0.283. The van der Waals surface area contributed by atoms with Gasteiger partial charge in [0.05, 0.1) is 12.0 Å². The Morgan fingerprint density at radius 3 is 1.76 bits per heavy atom. The standard InChI is InChI=1S/C28H22N4O/c33-27(19-25-17-10-18-30-31-25)26-20-32(21-29-26)28(22-11-4-1-5-12-22,23-13-6-2-7-14-23)24-15-8-3-9-16-24/h1-21,33H/b27-19+. The van der Waals surface area contributed by atoms with Crippen LogP contribution in [-0.2, 0) is 5.54 Å². The molecule has 0 amide bonds. The molecule has 0 atom stereocenters. The second-order valence-corrected chi connectivity index (χ2v) is 7.65. The number of hydrogen-bond acceptors (Lipinski definition) is 4. The van der Waals surface area contributed by atoms with Gasteiger partial charge >= 0.3 is 0 Å². The molecule has 3 aromatic carbocycles. The minimum atomic E-state index is -0.679. The van der Waals surface area contributed by atoms with E-state index < -0.39 is 5.54 Å². The number of aromatic nitrogens is 4. The van der Waals surface area contributed by atoms with Crippen molar-refractivity contribution in [3.8, 4) is 0 Å². The largest absolute Gasteiger partial charge is 0.506 e. The van der Waals surface area contributed by atoms with Crippen molar-refractivity contribution in [1.82, 2.24) is 19.7 Å². The van der Waals surface area contributed by atoms with Crippen LogP contribution in [0.3, 0.4) is 0 Å². The molecule has 0 saturated carbocycles. The molecule has 33 heavy (non-hydrogen) atoms. The van der Waals surface area contributed by atoms with Gasteiger partial charge in [0.15, 0.2) is 0 Å². The van der Waals surface area contributed by atoms with Gasteiger partial charge in [-0.3, -0.25) is 0 Å². The lowest BCUT2D eigenvalue weighted by atomic mass is 9.77. The van der Waals surface area contributed by atoms with Crippen LogP contribution in [0.15, 0.2) is 122 Å². The zero-order valence-corrected chi connectivity index (χ0v) is 17.9. The monoisotopic (exact) mass is 430 g/mol. The fourth-order valence-corrected chi connectivity index (χ4v) is 4.23. The highest BCUT2D eigenvalue weighted by Crippen LogP contribution is 2.41. The smallest absolute Gasteiger partial charge is 0.144 e. The Balaban J connectivity index is 1.74. The van der Waals surface area contributed by atoms with Crippen LogP contribution in [-0.4, -0.2) is 24.9 Å². The first-order valence-corrected chi connectivity index (χ1v) is 10.7. The van der Waals surface area contributed by atoms with E-state index in [-0.39, 0.29) is 5.76 Å². The molecule has 5 heteroatoms. The van der Waals surface area contributed by atoms with Crippen LogP contribution < -0.4 is 0 Å². The Labute approximate surface area is 192 Å². The number of benzene rings is 3. The first-order chi connectivity index (χ1) is 16.3. The lowest BCUT2D eigenvalue weighted by Gasteiger charge is -2.37. The molecule has 1 N–H and O–H groups in total. The number of nitrogens with zero attached hydrogens (tertiary/aromatic N) is 4. The number of imidazole rings is 1. The van der Waals surface area contributed by atoms with E-state index in [9.17, 15) is 5.11 Å². The van der Waals surface area contributed by atoms with Crippen LogP contribution in [0.2, 0.25) is 0 Å². The Hall–Kier alpha value is -4.51.